The van der Waals surface area contributed by atoms with Gasteiger partial charge in [-0.2, -0.15) is 0 Å². The van der Waals surface area contributed by atoms with Crippen LogP contribution in [0.3, 0.4) is 0 Å². The third-order valence-corrected chi connectivity index (χ3v) is 7.15. The molecule has 2 atom stereocenters. The number of hydrogen-bond acceptors (Lipinski definition) is 3. The Labute approximate surface area is 164 Å². The van der Waals surface area contributed by atoms with Crippen molar-refractivity contribution in [2.75, 3.05) is 26.7 Å². The van der Waals surface area contributed by atoms with Gasteiger partial charge in [0.2, 0.25) is 0 Å². The Morgan fingerprint density at radius 3 is 1.96 bits per heavy atom. The van der Waals surface area contributed by atoms with Gasteiger partial charge in [0.05, 0.1) is 6.10 Å². The first-order valence-corrected chi connectivity index (χ1v) is 9.66. The average Bonchev–Trinajstić information content (AvgIpc) is 3.01. The van der Waals surface area contributed by atoms with Crippen LogP contribution in [0.1, 0.15) is 6.42 Å². The van der Waals surface area contributed by atoms with Gasteiger partial charge in [-0.25, -0.2) is 0 Å². The van der Waals surface area contributed by atoms with E-state index in [1.165, 1.54) is 10.6 Å². The number of aliphatic hydroxyl groups is 1. The molecule has 1 saturated heterocycles. The van der Waals surface area contributed by atoms with E-state index in [-0.39, 0.29) is 30.9 Å². The van der Waals surface area contributed by atoms with Crippen LogP contribution in [0.4, 0.5) is 0 Å². The van der Waals surface area contributed by atoms with Crippen molar-refractivity contribution in [2.45, 2.75) is 18.3 Å². The van der Waals surface area contributed by atoms with Gasteiger partial charge < -0.3 is 10.4 Å². The number of likely N-dealkylation sites (N-methyl/N-ethyl adjacent to an activating group) is 1. The zero-order valence-electron chi connectivity index (χ0n) is 14.4. The van der Waals surface area contributed by atoms with Crippen LogP contribution in [-0.4, -0.2) is 48.6 Å². The van der Waals surface area contributed by atoms with Gasteiger partial charge in [0, 0.05) is 25.4 Å². The lowest BCUT2D eigenvalue weighted by Crippen LogP contribution is -2.41. The highest BCUT2D eigenvalue weighted by molar-refractivity contribution is 7.73. The number of β-amino-alcohol motifs (C(OH)–C–C–N with tert-alkyl or cyclic N) is 1. The fraction of sp³-hybridized carbons (Fsp3) is 0.368. The van der Waals surface area contributed by atoms with Crippen molar-refractivity contribution in [1.82, 2.24) is 10.2 Å². The molecule has 0 spiro atoms. The molecule has 1 fully saturated rings. The summed E-state index contributed by atoms with van der Waals surface area (Å²) in [6.07, 6.45) is 0.734. The minimum absolute atomic E-state index is 0. The van der Waals surface area contributed by atoms with Crippen molar-refractivity contribution in [3.05, 3.63) is 60.7 Å². The van der Waals surface area contributed by atoms with Crippen molar-refractivity contribution in [3.8, 4) is 0 Å². The molecule has 2 aromatic carbocycles. The maximum Gasteiger partial charge on any atom is 0.0679 e. The summed E-state index contributed by atoms with van der Waals surface area (Å²) in [6.45, 7) is 2.76. The second-order valence-electron chi connectivity index (χ2n) is 6.05. The molecule has 25 heavy (non-hydrogen) atoms. The zero-order valence-corrected chi connectivity index (χ0v) is 16.9. The molecule has 0 saturated carbocycles. The lowest BCUT2D eigenvalue weighted by atomic mass is 10.3. The molecule has 1 heterocycles. The Morgan fingerprint density at radius 2 is 1.56 bits per heavy atom. The lowest BCUT2D eigenvalue weighted by molar-refractivity contribution is 0.176. The first kappa shape index (κ1) is 22.4. The van der Waals surface area contributed by atoms with E-state index < -0.39 is 7.92 Å². The van der Waals surface area contributed by atoms with E-state index in [2.05, 4.69) is 77.9 Å². The summed E-state index contributed by atoms with van der Waals surface area (Å²) < 4.78 is 0. The molecule has 3 rings (SSSR count). The molecule has 1 aliphatic rings. The van der Waals surface area contributed by atoms with Crippen LogP contribution in [0, 0.1) is 0 Å². The molecule has 1 aliphatic heterocycles. The molecule has 2 N–H and O–H groups in total. The lowest BCUT2D eigenvalue weighted by Gasteiger charge is -2.31. The van der Waals surface area contributed by atoms with Gasteiger partial charge >= 0.3 is 0 Å². The van der Waals surface area contributed by atoms with E-state index in [0.717, 1.165) is 26.1 Å². The first-order valence-electron chi connectivity index (χ1n) is 8.25. The third-order valence-electron chi connectivity index (χ3n) is 4.39. The Kier molecular flexibility index (Phi) is 9.96. The fourth-order valence-corrected chi connectivity index (χ4v) is 5.87. The van der Waals surface area contributed by atoms with Crippen LogP contribution >= 0.6 is 32.7 Å². The van der Waals surface area contributed by atoms with Gasteiger partial charge in [-0.15, -0.1) is 24.8 Å². The molecule has 3 nitrogen and oxygen atoms in total. The number of rotatable bonds is 6. The second kappa shape index (κ2) is 11.1. The SMILES string of the molecule is CN[C@H](CN1CC[C@H](O)C1)P(c1ccccc1)c1ccccc1.Cl.Cl. The quantitative estimate of drug-likeness (QED) is 0.731. The molecule has 0 aliphatic carbocycles. The highest BCUT2D eigenvalue weighted by Crippen LogP contribution is 2.38. The van der Waals surface area contributed by atoms with Gasteiger partial charge in [0.25, 0.3) is 0 Å². The van der Waals surface area contributed by atoms with Crippen molar-refractivity contribution in [2.24, 2.45) is 0 Å². The van der Waals surface area contributed by atoms with E-state index in [1.54, 1.807) is 0 Å². The van der Waals surface area contributed by atoms with Gasteiger partial charge in [0.1, 0.15) is 0 Å². The van der Waals surface area contributed by atoms with E-state index in [1.807, 2.05) is 0 Å². The molecule has 0 amide bonds. The topological polar surface area (TPSA) is 35.5 Å². The maximum absolute atomic E-state index is 9.80. The largest absolute Gasteiger partial charge is 0.392 e. The number of halogens is 2. The molecule has 138 valence electrons. The van der Waals surface area contributed by atoms with Crippen molar-refractivity contribution in [3.63, 3.8) is 0 Å². The average molecular weight is 401 g/mol. The molecule has 6 heteroatoms. The molecule has 0 aromatic heterocycles. The summed E-state index contributed by atoms with van der Waals surface area (Å²) in [5.41, 5.74) is 0. The Bertz CT molecular complexity index is 563. The fourth-order valence-electron chi connectivity index (χ4n) is 3.21. The number of aliphatic hydroxyl groups excluding tert-OH is 1. The van der Waals surface area contributed by atoms with E-state index >= 15 is 0 Å². The second-order valence-corrected chi connectivity index (χ2v) is 8.44. The minimum Gasteiger partial charge on any atom is -0.392 e. The summed E-state index contributed by atoms with van der Waals surface area (Å²) in [5.74, 6) is 0.375. The standard InChI is InChI=1S/C19H25N2OP.2ClH/c1-20-19(15-21-13-12-16(22)14-21)23(17-8-4-2-5-9-17)18-10-6-3-7-11-18;;/h2-11,16,19-20,22H,12-15H2,1H3;2*1H/t16-,19-;;/m0../s1. The number of nitrogens with zero attached hydrogens (tertiary/aromatic N) is 1. The monoisotopic (exact) mass is 400 g/mol. The van der Waals surface area contributed by atoms with E-state index in [4.69, 9.17) is 0 Å². The minimum atomic E-state index is -0.479. The summed E-state index contributed by atoms with van der Waals surface area (Å²) >= 11 is 0. The zero-order chi connectivity index (χ0) is 16.1. The number of hydrogen-bond donors (Lipinski definition) is 2. The number of likely N-dealkylation sites (tertiary alicyclic amines) is 1. The normalized spacial score (nSPS) is 18.4. The number of nitrogens with one attached hydrogen (secondary N) is 1. The highest BCUT2D eigenvalue weighted by Gasteiger charge is 2.28. The molecular weight excluding hydrogens is 374 g/mol. The third kappa shape index (κ3) is 5.92. The van der Waals surface area contributed by atoms with Gasteiger partial charge in [-0.1, -0.05) is 60.7 Å². The van der Waals surface area contributed by atoms with Crippen molar-refractivity contribution < 1.29 is 5.11 Å². The molecular formula is C19H27Cl2N2OP. The Morgan fingerprint density at radius 1 is 1.04 bits per heavy atom. The maximum atomic E-state index is 9.80. The van der Waals surface area contributed by atoms with Crippen molar-refractivity contribution >= 4 is 43.3 Å². The summed E-state index contributed by atoms with van der Waals surface area (Å²) in [6, 6.07) is 21.6. The van der Waals surface area contributed by atoms with Gasteiger partial charge in [-0.05, 0) is 32.0 Å². The van der Waals surface area contributed by atoms with Gasteiger partial charge in [0.15, 0.2) is 0 Å². The highest BCUT2D eigenvalue weighted by atomic mass is 35.5. The van der Waals surface area contributed by atoms with Crippen LogP contribution in [-0.2, 0) is 0 Å². The van der Waals surface area contributed by atoms with Gasteiger partial charge in [-0.3, -0.25) is 4.90 Å². The smallest absolute Gasteiger partial charge is 0.0679 e. The Hall–Kier alpha value is -0.670. The van der Waals surface area contributed by atoms with Crippen LogP contribution in [0.5, 0.6) is 0 Å². The molecule has 2 aromatic rings. The number of benzene rings is 2. The predicted octanol–water partition coefficient (Wildman–Crippen LogP) is 2.58. The predicted molar refractivity (Wildman–Crippen MR) is 113 cm³/mol. The van der Waals surface area contributed by atoms with Crippen LogP contribution in [0.25, 0.3) is 0 Å². The van der Waals surface area contributed by atoms with Crippen LogP contribution in [0.2, 0.25) is 0 Å². The summed E-state index contributed by atoms with van der Waals surface area (Å²) in [4.78, 5) is 2.38. The van der Waals surface area contributed by atoms with Crippen LogP contribution in [0.15, 0.2) is 60.7 Å². The van der Waals surface area contributed by atoms with E-state index in [9.17, 15) is 5.11 Å². The summed E-state index contributed by atoms with van der Waals surface area (Å²) in [5, 5.41) is 16.1. The van der Waals surface area contributed by atoms with Crippen LogP contribution < -0.4 is 15.9 Å². The molecule has 0 bridgehead atoms. The first-order chi connectivity index (χ1) is 11.3. The summed E-state index contributed by atoms with van der Waals surface area (Å²) in [7, 11) is 1.57. The molecule has 0 radical (unpaired) electrons. The van der Waals surface area contributed by atoms with E-state index in [0.29, 0.717) is 5.78 Å². The van der Waals surface area contributed by atoms with Crippen molar-refractivity contribution in [1.29, 1.82) is 0 Å². The Balaban J connectivity index is 0.00000156. The molecule has 0 unspecified atom stereocenters.